The predicted octanol–water partition coefficient (Wildman–Crippen LogP) is 8.22. The van der Waals surface area contributed by atoms with Crippen LogP contribution < -0.4 is 10.5 Å². The van der Waals surface area contributed by atoms with Crippen molar-refractivity contribution < 1.29 is 4.79 Å². The van der Waals surface area contributed by atoms with Gasteiger partial charge in [-0.15, -0.1) is 0 Å². The van der Waals surface area contributed by atoms with Crippen LogP contribution in [-0.4, -0.2) is 15.6 Å². The predicted molar refractivity (Wildman–Crippen MR) is 144 cm³/mol. The van der Waals surface area contributed by atoms with Crippen LogP contribution in [0.15, 0.2) is 71.5 Å². The SMILES string of the molecule is CCn1nc(-c2ccccc2)c(C(C)=O)c(N(c2cc(Cl)cc(Cl)c2)c2cc(Cl)cc(Cl)c2)c1=O. The average Bonchev–Trinajstić information content (AvgIpc) is 2.79. The average molecular weight is 547 g/mol. The monoisotopic (exact) mass is 545 g/mol. The summed E-state index contributed by atoms with van der Waals surface area (Å²) in [6, 6.07) is 18.9. The maximum absolute atomic E-state index is 13.8. The van der Waals surface area contributed by atoms with Gasteiger partial charge in [0, 0.05) is 43.6 Å². The first-order valence-corrected chi connectivity index (χ1v) is 12.1. The number of rotatable bonds is 6. The molecule has 0 unspecified atom stereocenters. The van der Waals surface area contributed by atoms with Crippen LogP contribution in [0.5, 0.6) is 0 Å². The summed E-state index contributed by atoms with van der Waals surface area (Å²) < 4.78 is 1.31. The van der Waals surface area contributed by atoms with Gasteiger partial charge in [0.15, 0.2) is 5.78 Å². The Labute approximate surface area is 222 Å². The molecule has 35 heavy (non-hydrogen) atoms. The van der Waals surface area contributed by atoms with Crippen LogP contribution in [0.3, 0.4) is 0 Å². The molecule has 0 saturated heterocycles. The molecular formula is C26H19Cl4N3O2. The van der Waals surface area contributed by atoms with E-state index in [1.165, 1.54) is 11.6 Å². The summed E-state index contributed by atoms with van der Waals surface area (Å²) in [6.45, 7) is 3.48. The van der Waals surface area contributed by atoms with Gasteiger partial charge in [0.05, 0.1) is 5.56 Å². The van der Waals surface area contributed by atoms with Crippen molar-refractivity contribution in [3.8, 4) is 11.3 Å². The zero-order valence-electron chi connectivity index (χ0n) is 18.7. The molecule has 0 bridgehead atoms. The van der Waals surface area contributed by atoms with Crippen LogP contribution in [0.1, 0.15) is 24.2 Å². The van der Waals surface area contributed by atoms with Gasteiger partial charge in [0.25, 0.3) is 5.56 Å². The molecule has 0 aliphatic rings. The Morgan fingerprint density at radius 1 is 0.857 bits per heavy atom. The molecule has 4 aromatic rings. The fourth-order valence-corrected chi connectivity index (χ4v) is 4.88. The van der Waals surface area contributed by atoms with Crippen molar-refractivity contribution in [2.45, 2.75) is 20.4 Å². The van der Waals surface area contributed by atoms with Gasteiger partial charge in [-0.2, -0.15) is 5.10 Å². The van der Waals surface area contributed by atoms with Gasteiger partial charge in [-0.3, -0.25) is 9.59 Å². The van der Waals surface area contributed by atoms with E-state index in [0.717, 1.165) is 0 Å². The van der Waals surface area contributed by atoms with Crippen LogP contribution >= 0.6 is 46.4 Å². The fraction of sp³-hybridized carbons (Fsp3) is 0.115. The van der Waals surface area contributed by atoms with Crippen LogP contribution in [0.2, 0.25) is 20.1 Å². The second kappa shape index (κ2) is 10.4. The summed E-state index contributed by atoms with van der Waals surface area (Å²) in [7, 11) is 0. The Morgan fingerprint density at radius 3 is 1.77 bits per heavy atom. The number of carbonyl (C=O) groups excluding carboxylic acids is 1. The van der Waals surface area contributed by atoms with Crippen molar-refractivity contribution in [1.29, 1.82) is 0 Å². The lowest BCUT2D eigenvalue weighted by molar-refractivity contribution is 0.101. The minimum absolute atomic E-state index is 0.0878. The van der Waals surface area contributed by atoms with Gasteiger partial charge in [-0.05, 0) is 50.2 Å². The van der Waals surface area contributed by atoms with Crippen LogP contribution in [0.4, 0.5) is 17.1 Å². The van der Waals surface area contributed by atoms with Crippen molar-refractivity contribution in [1.82, 2.24) is 9.78 Å². The van der Waals surface area contributed by atoms with Gasteiger partial charge in [-0.1, -0.05) is 76.7 Å². The third-order valence-electron chi connectivity index (χ3n) is 5.26. The molecule has 1 aromatic heterocycles. The molecule has 0 fully saturated rings. The van der Waals surface area contributed by atoms with E-state index in [1.807, 2.05) is 30.3 Å². The Kier molecular flexibility index (Phi) is 7.53. The second-order valence-electron chi connectivity index (χ2n) is 7.71. The number of hydrogen-bond acceptors (Lipinski definition) is 4. The van der Waals surface area contributed by atoms with Gasteiger partial charge in [-0.25, -0.2) is 4.68 Å². The third-order valence-corrected chi connectivity index (χ3v) is 6.14. The molecule has 9 heteroatoms. The summed E-state index contributed by atoms with van der Waals surface area (Å²) in [5.74, 6) is -0.335. The van der Waals surface area contributed by atoms with Gasteiger partial charge in [0.1, 0.15) is 11.4 Å². The summed E-state index contributed by atoms with van der Waals surface area (Å²) in [5.41, 5.74) is 1.74. The number of halogens is 4. The smallest absolute Gasteiger partial charge is 0.291 e. The van der Waals surface area contributed by atoms with Gasteiger partial charge in [0.2, 0.25) is 0 Å². The number of Topliss-reactive ketones (excluding diaryl/α,β-unsaturated/α-hetero) is 1. The lowest BCUT2D eigenvalue weighted by Gasteiger charge is -2.28. The van der Waals surface area contributed by atoms with E-state index in [1.54, 1.807) is 48.2 Å². The van der Waals surface area contributed by atoms with E-state index in [-0.39, 0.29) is 23.6 Å². The molecule has 0 saturated carbocycles. The van der Waals surface area contributed by atoms with Crippen molar-refractivity contribution in [2.24, 2.45) is 0 Å². The molecule has 0 amide bonds. The summed E-state index contributed by atoms with van der Waals surface area (Å²) in [4.78, 5) is 28.5. The summed E-state index contributed by atoms with van der Waals surface area (Å²) in [6.07, 6.45) is 0. The second-order valence-corrected chi connectivity index (χ2v) is 9.45. The largest absolute Gasteiger partial charge is 0.305 e. The minimum Gasteiger partial charge on any atom is -0.305 e. The first-order chi connectivity index (χ1) is 16.7. The maximum atomic E-state index is 13.8. The molecule has 178 valence electrons. The molecule has 0 N–H and O–H groups in total. The van der Waals surface area contributed by atoms with Crippen LogP contribution in [0, 0.1) is 0 Å². The number of carbonyl (C=O) groups is 1. The van der Waals surface area contributed by atoms with E-state index < -0.39 is 5.56 Å². The highest BCUT2D eigenvalue weighted by Gasteiger charge is 2.28. The van der Waals surface area contributed by atoms with Crippen LogP contribution in [-0.2, 0) is 6.54 Å². The minimum atomic E-state index is -0.468. The lowest BCUT2D eigenvalue weighted by Crippen LogP contribution is -2.31. The van der Waals surface area contributed by atoms with E-state index in [2.05, 4.69) is 5.10 Å². The van der Waals surface area contributed by atoms with E-state index in [0.29, 0.717) is 42.7 Å². The number of anilines is 3. The van der Waals surface area contributed by atoms with Crippen LogP contribution in [0.25, 0.3) is 11.3 Å². The van der Waals surface area contributed by atoms with Crippen molar-refractivity contribution >= 4 is 69.2 Å². The number of aryl methyl sites for hydroxylation is 1. The topological polar surface area (TPSA) is 55.2 Å². The number of hydrogen-bond donors (Lipinski definition) is 0. The number of benzene rings is 3. The molecule has 0 spiro atoms. The molecular weight excluding hydrogens is 528 g/mol. The van der Waals surface area contributed by atoms with Gasteiger partial charge < -0.3 is 4.90 Å². The normalized spacial score (nSPS) is 10.9. The van der Waals surface area contributed by atoms with Gasteiger partial charge >= 0.3 is 0 Å². The molecule has 0 aliphatic carbocycles. The first-order valence-electron chi connectivity index (χ1n) is 10.6. The van der Waals surface area contributed by atoms with Crippen molar-refractivity contribution in [2.75, 3.05) is 4.90 Å². The fourth-order valence-electron chi connectivity index (χ4n) is 3.85. The molecule has 0 radical (unpaired) electrons. The lowest BCUT2D eigenvalue weighted by atomic mass is 10.0. The number of ketones is 1. The molecule has 0 atom stereocenters. The Balaban J connectivity index is 2.18. The molecule has 0 aliphatic heterocycles. The molecule has 3 aromatic carbocycles. The Morgan fingerprint density at radius 2 is 1.34 bits per heavy atom. The Hall–Kier alpha value is -2.83. The highest BCUT2D eigenvalue weighted by atomic mass is 35.5. The highest BCUT2D eigenvalue weighted by molar-refractivity contribution is 6.36. The van der Waals surface area contributed by atoms with E-state index in [9.17, 15) is 9.59 Å². The summed E-state index contributed by atoms with van der Waals surface area (Å²) >= 11 is 25.3. The maximum Gasteiger partial charge on any atom is 0.291 e. The Bertz CT molecular complexity index is 1390. The number of aromatic nitrogens is 2. The summed E-state index contributed by atoms with van der Waals surface area (Å²) in [5, 5.41) is 5.94. The molecule has 5 nitrogen and oxygen atoms in total. The third kappa shape index (κ3) is 5.24. The van der Waals surface area contributed by atoms with E-state index in [4.69, 9.17) is 46.4 Å². The molecule has 1 heterocycles. The zero-order chi connectivity index (χ0) is 25.3. The standard InChI is InChI=1S/C26H19Cl4N3O2/c1-3-32-26(35)25(23(15(2)34)24(31-32)16-7-5-4-6-8-16)33(21-11-17(27)9-18(28)12-21)22-13-19(29)10-20(30)14-22/h4-14H,3H2,1-2H3. The van der Waals surface area contributed by atoms with Crippen molar-refractivity contribution in [3.63, 3.8) is 0 Å². The highest BCUT2D eigenvalue weighted by Crippen LogP contribution is 2.41. The first kappa shape index (κ1) is 25.3. The zero-order valence-corrected chi connectivity index (χ0v) is 21.8. The number of nitrogens with zero attached hydrogens (tertiary/aromatic N) is 3. The quantitative estimate of drug-likeness (QED) is 0.228. The van der Waals surface area contributed by atoms with E-state index >= 15 is 0 Å². The van der Waals surface area contributed by atoms with Crippen molar-refractivity contribution in [3.05, 3.63) is 103 Å². The molecule has 4 rings (SSSR count).